The summed E-state index contributed by atoms with van der Waals surface area (Å²) in [4.78, 5) is 31.1. The van der Waals surface area contributed by atoms with Gasteiger partial charge in [-0.1, -0.05) is 62.4 Å². The molecular formula is C20H24O7. The fraction of sp³-hybridized carbons (Fsp3) is 0.250. The predicted octanol–water partition coefficient (Wildman–Crippen LogP) is 2.34. The van der Waals surface area contributed by atoms with Crippen LogP contribution in [0.5, 0.6) is 0 Å². The van der Waals surface area contributed by atoms with Gasteiger partial charge in [-0.15, -0.1) is 0 Å². The first-order chi connectivity index (χ1) is 12.6. The molecule has 0 saturated carbocycles. The van der Waals surface area contributed by atoms with Crippen LogP contribution in [-0.2, 0) is 4.79 Å². The molecule has 0 heterocycles. The maximum atomic E-state index is 10.7. The van der Waals surface area contributed by atoms with Crippen molar-refractivity contribution in [2.45, 2.75) is 13.8 Å². The van der Waals surface area contributed by atoms with Crippen LogP contribution in [0, 0.1) is 5.41 Å². The Morgan fingerprint density at radius 1 is 0.741 bits per heavy atom. The molecular weight excluding hydrogens is 352 g/mol. The van der Waals surface area contributed by atoms with Crippen molar-refractivity contribution in [3.05, 3.63) is 71.8 Å². The summed E-state index contributed by atoms with van der Waals surface area (Å²) < 4.78 is 0. The maximum absolute atomic E-state index is 10.7. The van der Waals surface area contributed by atoms with Crippen molar-refractivity contribution in [3.8, 4) is 0 Å². The number of hydrogen-bond donors (Lipinski definition) is 4. The summed E-state index contributed by atoms with van der Waals surface area (Å²) in [6.07, 6.45) is 0. The highest BCUT2D eigenvalue weighted by atomic mass is 16.4. The first-order valence-corrected chi connectivity index (χ1v) is 7.97. The number of carboxylic acids is 2. The van der Waals surface area contributed by atoms with Crippen LogP contribution in [0.2, 0.25) is 0 Å². The van der Waals surface area contributed by atoms with Crippen molar-refractivity contribution in [2.24, 2.45) is 5.41 Å². The van der Waals surface area contributed by atoms with Gasteiger partial charge < -0.3 is 20.4 Å². The third kappa shape index (κ3) is 10.5. The number of carboxylic acid groups (broad SMARTS) is 2. The van der Waals surface area contributed by atoms with Crippen molar-refractivity contribution in [1.29, 1.82) is 0 Å². The number of aromatic carboxylic acids is 1. The van der Waals surface area contributed by atoms with Crippen molar-refractivity contribution in [1.82, 2.24) is 0 Å². The molecule has 0 aromatic heterocycles. The fourth-order valence-electron chi connectivity index (χ4n) is 1.34. The Hall–Kier alpha value is -3.03. The monoisotopic (exact) mass is 376 g/mol. The summed E-state index contributed by atoms with van der Waals surface area (Å²) in [5, 5.41) is 33.5. The van der Waals surface area contributed by atoms with E-state index in [1.165, 1.54) is 12.1 Å². The van der Waals surface area contributed by atoms with E-state index in [-0.39, 0.29) is 24.2 Å². The molecule has 0 fully saturated rings. The van der Waals surface area contributed by atoms with Gasteiger partial charge in [-0.3, -0.25) is 4.79 Å². The molecule has 0 bridgehead atoms. The van der Waals surface area contributed by atoms with Crippen LogP contribution >= 0.6 is 0 Å². The topological polar surface area (TPSA) is 132 Å². The molecule has 2 aromatic rings. The van der Waals surface area contributed by atoms with Crippen molar-refractivity contribution in [2.75, 3.05) is 13.2 Å². The third-order valence-electron chi connectivity index (χ3n) is 3.11. The first kappa shape index (κ1) is 24.0. The second-order valence-corrected chi connectivity index (χ2v) is 6.15. The molecule has 2 aromatic carbocycles. The number of aliphatic hydroxyl groups excluding tert-OH is 2. The molecule has 0 aliphatic carbocycles. The molecule has 0 aliphatic rings. The molecule has 0 unspecified atom stereocenters. The van der Waals surface area contributed by atoms with Gasteiger partial charge in [0.25, 0.3) is 5.78 Å². The summed E-state index contributed by atoms with van der Waals surface area (Å²) in [6.45, 7) is 3.69. The Labute approximate surface area is 157 Å². The first-order valence-electron chi connectivity index (χ1n) is 7.97. The second-order valence-electron chi connectivity index (χ2n) is 6.15. The molecule has 0 spiro atoms. The number of ketones is 1. The normalized spacial score (nSPS) is 9.78. The number of hydrogen-bond acceptors (Lipinski definition) is 5. The highest BCUT2D eigenvalue weighted by molar-refractivity contribution is 6.39. The van der Waals surface area contributed by atoms with Gasteiger partial charge >= 0.3 is 11.9 Å². The van der Waals surface area contributed by atoms with Gasteiger partial charge in [0.2, 0.25) is 0 Å². The summed E-state index contributed by atoms with van der Waals surface area (Å²) in [7, 11) is 0. The van der Waals surface area contributed by atoms with Gasteiger partial charge in [0.05, 0.1) is 18.8 Å². The molecule has 0 saturated heterocycles. The minimum atomic E-state index is -1.42. The average molecular weight is 376 g/mol. The van der Waals surface area contributed by atoms with Gasteiger partial charge in [0.1, 0.15) is 0 Å². The minimum Gasteiger partial charge on any atom is -0.478 e. The van der Waals surface area contributed by atoms with Gasteiger partial charge in [0.15, 0.2) is 0 Å². The molecule has 7 heteroatoms. The van der Waals surface area contributed by atoms with Crippen molar-refractivity contribution < 1.29 is 34.8 Å². The molecule has 0 radical (unpaired) electrons. The Kier molecular flexibility index (Phi) is 11.0. The standard InChI is InChI=1S/C8H6O3.C7H6O2.C5H12O2/c9-7(8(10)11)6-4-2-1-3-5-6;8-7(9)6-4-2-1-3-5-6;1-5(2,3-6)4-7/h1-5H,(H,10,11);1-5H,(H,8,9);6-7H,3-4H2,1-2H3. The lowest BCUT2D eigenvalue weighted by Gasteiger charge is -2.16. The number of Topliss-reactive ketones (excluding diaryl/α,β-unsaturated/α-hetero) is 1. The minimum absolute atomic E-state index is 0.0451. The number of rotatable bonds is 5. The number of aliphatic hydroxyl groups is 2. The van der Waals surface area contributed by atoms with E-state index in [1.54, 1.807) is 62.4 Å². The summed E-state index contributed by atoms with van der Waals surface area (Å²) in [6, 6.07) is 16.2. The zero-order valence-electron chi connectivity index (χ0n) is 15.2. The van der Waals surface area contributed by atoms with E-state index in [9.17, 15) is 14.4 Å². The molecule has 7 nitrogen and oxygen atoms in total. The van der Waals surface area contributed by atoms with Gasteiger partial charge in [-0.2, -0.15) is 0 Å². The van der Waals surface area contributed by atoms with Crippen LogP contribution in [0.3, 0.4) is 0 Å². The number of benzene rings is 2. The largest absolute Gasteiger partial charge is 0.478 e. The van der Waals surface area contributed by atoms with Crippen LogP contribution in [0.4, 0.5) is 0 Å². The lowest BCUT2D eigenvalue weighted by atomic mass is 9.97. The average Bonchev–Trinajstić information content (AvgIpc) is 2.69. The molecule has 2 rings (SSSR count). The second kappa shape index (κ2) is 12.3. The summed E-state index contributed by atoms with van der Waals surface area (Å²) in [5.41, 5.74) is 0.234. The Bertz CT molecular complexity index is 704. The summed E-state index contributed by atoms with van der Waals surface area (Å²) >= 11 is 0. The van der Waals surface area contributed by atoms with Crippen LogP contribution in [0.25, 0.3) is 0 Å². The molecule has 27 heavy (non-hydrogen) atoms. The zero-order chi connectivity index (χ0) is 20.9. The number of carbonyl (C=O) groups excluding carboxylic acids is 1. The number of aliphatic carboxylic acids is 1. The SMILES string of the molecule is CC(C)(CO)CO.O=C(O)C(=O)c1ccccc1.O=C(O)c1ccccc1. The predicted molar refractivity (Wildman–Crippen MR) is 99.8 cm³/mol. The van der Waals surface area contributed by atoms with Gasteiger partial charge in [-0.25, -0.2) is 9.59 Å². The Morgan fingerprint density at radius 3 is 1.33 bits per heavy atom. The zero-order valence-corrected chi connectivity index (χ0v) is 15.2. The highest BCUT2D eigenvalue weighted by Crippen LogP contribution is 2.10. The molecule has 0 atom stereocenters. The van der Waals surface area contributed by atoms with Crippen LogP contribution in [0.15, 0.2) is 60.7 Å². The van der Waals surface area contributed by atoms with E-state index in [2.05, 4.69) is 0 Å². The lowest BCUT2D eigenvalue weighted by Crippen LogP contribution is -2.20. The van der Waals surface area contributed by atoms with Crippen molar-refractivity contribution in [3.63, 3.8) is 0 Å². The lowest BCUT2D eigenvalue weighted by molar-refractivity contribution is -0.131. The van der Waals surface area contributed by atoms with E-state index in [4.69, 9.17) is 20.4 Å². The van der Waals surface area contributed by atoms with E-state index < -0.39 is 17.7 Å². The molecule has 4 N–H and O–H groups in total. The van der Waals surface area contributed by atoms with Crippen LogP contribution in [0.1, 0.15) is 34.6 Å². The maximum Gasteiger partial charge on any atom is 0.377 e. The number of carbonyl (C=O) groups is 3. The highest BCUT2D eigenvalue weighted by Gasteiger charge is 2.13. The molecule has 0 aliphatic heterocycles. The van der Waals surface area contributed by atoms with E-state index in [1.807, 2.05) is 0 Å². The van der Waals surface area contributed by atoms with Gasteiger partial charge in [-0.05, 0) is 12.1 Å². The van der Waals surface area contributed by atoms with Gasteiger partial charge in [0, 0.05) is 11.0 Å². The van der Waals surface area contributed by atoms with E-state index in [0.717, 1.165) is 0 Å². The molecule has 146 valence electrons. The third-order valence-corrected chi connectivity index (χ3v) is 3.11. The fourth-order valence-corrected chi connectivity index (χ4v) is 1.34. The van der Waals surface area contributed by atoms with Crippen LogP contribution < -0.4 is 0 Å². The quantitative estimate of drug-likeness (QED) is 0.465. The van der Waals surface area contributed by atoms with Crippen molar-refractivity contribution >= 4 is 17.7 Å². The Balaban J connectivity index is 0.000000387. The summed E-state index contributed by atoms with van der Waals surface area (Å²) in [5.74, 6) is -3.17. The Morgan fingerprint density at radius 2 is 1.11 bits per heavy atom. The van der Waals surface area contributed by atoms with E-state index in [0.29, 0.717) is 5.56 Å². The van der Waals surface area contributed by atoms with E-state index >= 15 is 0 Å². The van der Waals surface area contributed by atoms with Crippen LogP contribution in [-0.4, -0.2) is 51.4 Å². The smallest absolute Gasteiger partial charge is 0.377 e. The molecule has 0 amide bonds.